The van der Waals surface area contributed by atoms with Gasteiger partial charge in [0.15, 0.2) is 5.11 Å². The lowest BCUT2D eigenvalue weighted by Gasteiger charge is -2.12. The Labute approximate surface area is 141 Å². The van der Waals surface area contributed by atoms with Gasteiger partial charge in [-0.15, -0.1) is 0 Å². The maximum Gasteiger partial charge on any atom is 0.250 e. The van der Waals surface area contributed by atoms with Crippen molar-refractivity contribution >= 4 is 35.0 Å². The number of nitrogens with one attached hydrogen (secondary N) is 2. The quantitative estimate of drug-likeness (QED) is 0.651. The van der Waals surface area contributed by atoms with Crippen LogP contribution in [0.2, 0.25) is 0 Å². The van der Waals surface area contributed by atoms with Gasteiger partial charge in [-0.05, 0) is 42.9 Å². The zero-order chi connectivity index (χ0) is 16.5. The summed E-state index contributed by atoms with van der Waals surface area (Å²) >= 11 is 5.15. The van der Waals surface area contributed by atoms with Crippen molar-refractivity contribution in [2.75, 3.05) is 11.9 Å². The largest absolute Gasteiger partial charge is 0.492 e. The molecule has 0 saturated carbocycles. The van der Waals surface area contributed by atoms with Crippen molar-refractivity contribution in [1.29, 1.82) is 0 Å². The number of anilines is 1. The summed E-state index contributed by atoms with van der Waals surface area (Å²) in [4.78, 5) is 11.9. The molecule has 2 aromatic rings. The number of thiocarbonyl (C=S) groups is 1. The summed E-state index contributed by atoms with van der Waals surface area (Å²) in [6, 6.07) is 17.0. The van der Waals surface area contributed by atoms with E-state index < -0.39 is 0 Å². The summed E-state index contributed by atoms with van der Waals surface area (Å²) in [5.74, 6) is 0.395. The third kappa shape index (κ3) is 5.56. The van der Waals surface area contributed by atoms with E-state index >= 15 is 0 Å². The topological polar surface area (TPSA) is 50.4 Å². The molecule has 23 heavy (non-hydrogen) atoms. The van der Waals surface area contributed by atoms with Crippen LogP contribution in [0.3, 0.4) is 0 Å². The lowest BCUT2D eigenvalue weighted by molar-refractivity contribution is -0.115. The zero-order valence-electron chi connectivity index (χ0n) is 12.8. The van der Waals surface area contributed by atoms with Gasteiger partial charge in [-0.3, -0.25) is 10.1 Å². The van der Waals surface area contributed by atoms with Crippen LogP contribution in [0.4, 0.5) is 5.69 Å². The van der Waals surface area contributed by atoms with E-state index in [2.05, 4.69) is 10.6 Å². The second kappa shape index (κ2) is 8.70. The molecule has 2 N–H and O–H groups in total. The third-order valence-corrected chi connectivity index (χ3v) is 3.10. The minimum Gasteiger partial charge on any atom is -0.492 e. The standard InChI is InChI=1S/C18H18N2O2S/c1-2-22-16-11-7-6-10-15(16)19-18(23)20-17(21)13-12-14-8-4-3-5-9-14/h3-13H,2H2,1H3,(H2,19,20,21,23). The fraction of sp³-hybridized carbons (Fsp3) is 0.111. The lowest BCUT2D eigenvalue weighted by Crippen LogP contribution is -2.32. The van der Waals surface area contributed by atoms with Gasteiger partial charge in [0.1, 0.15) is 5.75 Å². The molecular weight excluding hydrogens is 308 g/mol. The van der Waals surface area contributed by atoms with Crippen LogP contribution in [0.15, 0.2) is 60.7 Å². The Morgan fingerprint density at radius 2 is 1.83 bits per heavy atom. The van der Waals surface area contributed by atoms with Crippen LogP contribution in [-0.2, 0) is 4.79 Å². The van der Waals surface area contributed by atoms with Gasteiger partial charge in [0.05, 0.1) is 12.3 Å². The number of hydrogen-bond donors (Lipinski definition) is 2. The first kappa shape index (κ1) is 16.7. The molecule has 0 aliphatic rings. The molecule has 0 spiro atoms. The Balaban J connectivity index is 1.92. The van der Waals surface area contributed by atoms with E-state index in [4.69, 9.17) is 17.0 Å². The molecule has 0 fully saturated rings. The van der Waals surface area contributed by atoms with Crippen LogP contribution in [-0.4, -0.2) is 17.6 Å². The van der Waals surface area contributed by atoms with Gasteiger partial charge in [0.2, 0.25) is 5.91 Å². The predicted molar refractivity (Wildman–Crippen MR) is 97.5 cm³/mol. The van der Waals surface area contributed by atoms with Gasteiger partial charge in [-0.1, -0.05) is 42.5 Å². The van der Waals surface area contributed by atoms with E-state index in [0.717, 1.165) is 5.56 Å². The highest BCUT2D eigenvalue weighted by molar-refractivity contribution is 7.80. The number of ether oxygens (including phenoxy) is 1. The molecular formula is C18H18N2O2S. The van der Waals surface area contributed by atoms with Crippen LogP contribution >= 0.6 is 12.2 Å². The highest BCUT2D eigenvalue weighted by atomic mass is 32.1. The van der Waals surface area contributed by atoms with Crippen LogP contribution in [0.25, 0.3) is 6.08 Å². The molecule has 5 heteroatoms. The van der Waals surface area contributed by atoms with Gasteiger partial charge in [-0.2, -0.15) is 0 Å². The fourth-order valence-electron chi connectivity index (χ4n) is 1.89. The minimum absolute atomic E-state index is 0.222. The smallest absolute Gasteiger partial charge is 0.250 e. The first-order valence-corrected chi connectivity index (χ1v) is 7.67. The van der Waals surface area contributed by atoms with Crippen LogP contribution in [0.5, 0.6) is 5.75 Å². The molecule has 0 saturated heterocycles. The van der Waals surface area contributed by atoms with Crippen molar-refractivity contribution < 1.29 is 9.53 Å². The van der Waals surface area contributed by atoms with Crippen LogP contribution < -0.4 is 15.4 Å². The monoisotopic (exact) mass is 326 g/mol. The van der Waals surface area contributed by atoms with Crippen molar-refractivity contribution in [1.82, 2.24) is 5.32 Å². The van der Waals surface area contributed by atoms with E-state index in [1.165, 1.54) is 6.08 Å². The third-order valence-electron chi connectivity index (χ3n) is 2.90. The molecule has 0 aromatic heterocycles. The highest BCUT2D eigenvalue weighted by Gasteiger charge is 2.06. The first-order chi connectivity index (χ1) is 11.2. The summed E-state index contributed by atoms with van der Waals surface area (Å²) in [5, 5.41) is 5.79. The average molecular weight is 326 g/mol. The second-order valence-electron chi connectivity index (χ2n) is 4.62. The van der Waals surface area contributed by atoms with Gasteiger partial charge >= 0.3 is 0 Å². The molecule has 4 nitrogen and oxygen atoms in total. The van der Waals surface area contributed by atoms with E-state index in [1.807, 2.05) is 61.5 Å². The predicted octanol–water partition coefficient (Wildman–Crippen LogP) is 3.61. The van der Waals surface area contributed by atoms with Gasteiger partial charge in [0, 0.05) is 6.08 Å². The average Bonchev–Trinajstić information content (AvgIpc) is 2.56. The number of rotatable bonds is 5. The van der Waals surface area contributed by atoms with E-state index in [1.54, 1.807) is 6.08 Å². The number of hydrogen-bond acceptors (Lipinski definition) is 3. The summed E-state index contributed by atoms with van der Waals surface area (Å²) in [5.41, 5.74) is 1.66. The van der Waals surface area contributed by atoms with Gasteiger partial charge in [0.25, 0.3) is 0 Å². The minimum atomic E-state index is -0.291. The van der Waals surface area contributed by atoms with Crippen molar-refractivity contribution in [2.45, 2.75) is 6.92 Å². The second-order valence-corrected chi connectivity index (χ2v) is 5.02. The van der Waals surface area contributed by atoms with Gasteiger partial charge < -0.3 is 10.1 Å². The van der Waals surface area contributed by atoms with E-state index in [-0.39, 0.29) is 11.0 Å². The zero-order valence-corrected chi connectivity index (χ0v) is 13.6. The first-order valence-electron chi connectivity index (χ1n) is 7.26. The summed E-state index contributed by atoms with van der Waals surface area (Å²) in [6.07, 6.45) is 3.17. The van der Waals surface area contributed by atoms with Crippen molar-refractivity contribution in [3.63, 3.8) is 0 Å². The molecule has 0 bridgehead atoms. The van der Waals surface area contributed by atoms with Gasteiger partial charge in [-0.25, -0.2) is 0 Å². The molecule has 1 amide bonds. The number of para-hydroxylation sites is 2. The Morgan fingerprint density at radius 3 is 2.57 bits per heavy atom. The van der Waals surface area contributed by atoms with Crippen molar-refractivity contribution in [3.05, 3.63) is 66.2 Å². The SMILES string of the molecule is CCOc1ccccc1NC(=S)NC(=O)C=Cc1ccccc1. The summed E-state index contributed by atoms with van der Waals surface area (Å²) in [6.45, 7) is 2.46. The Bertz CT molecular complexity index is 699. The van der Waals surface area contributed by atoms with Crippen molar-refractivity contribution in [2.24, 2.45) is 0 Å². The summed E-state index contributed by atoms with van der Waals surface area (Å²) < 4.78 is 5.50. The Hall–Kier alpha value is -2.66. The highest BCUT2D eigenvalue weighted by Crippen LogP contribution is 2.23. The van der Waals surface area contributed by atoms with Crippen LogP contribution in [0.1, 0.15) is 12.5 Å². The molecule has 0 heterocycles. The van der Waals surface area contributed by atoms with Crippen LogP contribution in [0, 0.1) is 0 Å². The normalized spacial score (nSPS) is 10.3. The molecule has 2 aromatic carbocycles. The number of carbonyl (C=O) groups excluding carboxylic acids is 1. The maximum absolute atomic E-state index is 11.9. The van der Waals surface area contributed by atoms with Crippen molar-refractivity contribution in [3.8, 4) is 5.75 Å². The molecule has 0 unspecified atom stereocenters. The molecule has 0 aliphatic carbocycles. The van der Waals surface area contributed by atoms with E-state index in [0.29, 0.717) is 18.0 Å². The molecule has 0 aliphatic heterocycles. The molecule has 0 atom stereocenters. The van der Waals surface area contributed by atoms with E-state index in [9.17, 15) is 4.79 Å². The maximum atomic E-state index is 11.9. The molecule has 0 radical (unpaired) electrons. The summed E-state index contributed by atoms with van der Waals surface area (Å²) in [7, 11) is 0. The molecule has 118 valence electrons. The lowest BCUT2D eigenvalue weighted by atomic mass is 10.2. The number of amides is 1. The number of carbonyl (C=O) groups is 1. The Morgan fingerprint density at radius 1 is 1.13 bits per heavy atom. The fourth-order valence-corrected chi connectivity index (χ4v) is 2.11. The Kier molecular flexibility index (Phi) is 6.32. The molecule has 2 rings (SSSR count). The number of benzene rings is 2.